The zero-order valence-electron chi connectivity index (χ0n) is 10.6. The second-order valence-corrected chi connectivity index (χ2v) is 4.32. The SMILES string of the molecule is COCCN1C(=O)N=C(N)C1c1ccc(C)cc1. The van der Waals surface area contributed by atoms with E-state index in [1.54, 1.807) is 12.0 Å². The molecule has 0 aliphatic carbocycles. The van der Waals surface area contributed by atoms with Crippen LogP contribution < -0.4 is 5.73 Å². The number of aliphatic imine (C=N–C) groups is 1. The van der Waals surface area contributed by atoms with Crippen molar-refractivity contribution in [3.8, 4) is 0 Å². The van der Waals surface area contributed by atoms with Crippen molar-refractivity contribution in [3.05, 3.63) is 35.4 Å². The molecule has 5 heteroatoms. The molecule has 0 bridgehead atoms. The molecule has 2 amide bonds. The number of amides is 2. The Hall–Kier alpha value is -1.88. The lowest BCUT2D eigenvalue weighted by Crippen LogP contribution is -2.35. The standard InChI is InChI=1S/C13H17N3O2/c1-9-3-5-10(6-4-9)11-12(14)15-13(17)16(11)7-8-18-2/h3-6,11H,7-8H2,1-2H3,(H2,14,15,17). The van der Waals surface area contributed by atoms with E-state index in [1.807, 2.05) is 31.2 Å². The highest BCUT2D eigenvalue weighted by Gasteiger charge is 2.33. The number of methoxy groups -OCH3 is 1. The van der Waals surface area contributed by atoms with Gasteiger partial charge in [-0.15, -0.1) is 0 Å². The van der Waals surface area contributed by atoms with E-state index in [-0.39, 0.29) is 12.1 Å². The molecule has 1 atom stereocenters. The van der Waals surface area contributed by atoms with E-state index in [0.717, 1.165) is 5.56 Å². The van der Waals surface area contributed by atoms with Crippen molar-refractivity contribution in [3.63, 3.8) is 0 Å². The van der Waals surface area contributed by atoms with Gasteiger partial charge in [-0.05, 0) is 12.5 Å². The van der Waals surface area contributed by atoms with Crippen LogP contribution in [0.25, 0.3) is 0 Å². The summed E-state index contributed by atoms with van der Waals surface area (Å²) >= 11 is 0. The molecule has 1 aromatic carbocycles. The van der Waals surface area contributed by atoms with E-state index in [1.165, 1.54) is 5.56 Å². The van der Waals surface area contributed by atoms with Gasteiger partial charge in [-0.1, -0.05) is 29.8 Å². The first-order valence-electron chi connectivity index (χ1n) is 5.83. The van der Waals surface area contributed by atoms with Crippen LogP contribution in [0, 0.1) is 6.92 Å². The monoisotopic (exact) mass is 247 g/mol. The molecule has 1 unspecified atom stereocenters. The molecule has 1 aromatic rings. The Kier molecular flexibility index (Phi) is 3.62. The van der Waals surface area contributed by atoms with Crippen LogP contribution in [0.3, 0.4) is 0 Å². The number of carbonyl (C=O) groups excluding carboxylic acids is 1. The van der Waals surface area contributed by atoms with Gasteiger partial charge in [0.15, 0.2) is 0 Å². The summed E-state index contributed by atoms with van der Waals surface area (Å²) in [6.45, 7) is 2.97. The molecule has 1 heterocycles. The van der Waals surface area contributed by atoms with Gasteiger partial charge in [-0.2, -0.15) is 4.99 Å². The smallest absolute Gasteiger partial charge is 0.346 e. The predicted octanol–water partition coefficient (Wildman–Crippen LogP) is 1.48. The van der Waals surface area contributed by atoms with Gasteiger partial charge in [0.05, 0.1) is 6.61 Å². The van der Waals surface area contributed by atoms with Crippen LogP contribution in [-0.4, -0.2) is 37.0 Å². The highest BCUT2D eigenvalue weighted by Crippen LogP contribution is 2.26. The molecule has 0 aromatic heterocycles. The third-order valence-corrected chi connectivity index (χ3v) is 2.99. The van der Waals surface area contributed by atoms with Crippen molar-refractivity contribution in [2.45, 2.75) is 13.0 Å². The first kappa shape index (κ1) is 12.6. The molecule has 1 aliphatic rings. The van der Waals surface area contributed by atoms with Gasteiger partial charge in [-0.3, -0.25) is 0 Å². The van der Waals surface area contributed by atoms with E-state index in [2.05, 4.69) is 4.99 Å². The molecular weight excluding hydrogens is 230 g/mol. The van der Waals surface area contributed by atoms with E-state index in [9.17, 15) is 4.79 Å². The molecule has 18 heavy (non-hydrogen) atoms. The van der Waals surface area contributed by atoms with Crippen molar-refractivity contribution < 1.29 is 9.53 Å². The fourth-order valence-electron chi connectivity index (χ4n) is 2.02. The summed E-state index contributed by atoms with van der Waals surface area (Å²) in [5.41, 5.74) is 7.99. The number of benzene rings is 1. The van der Waals surface area contributed by atoms with Crippen molar-refractivity contribution >= 4 is 11.9 Å². The van der Waals surface area contributed by atoms with Crippen molar-refractivity contribution in [1.82, 2.24) is 4.90 Å². The Morgan fingerprint density at radius 1 is 1.39 bits per heavy atom. The van der Waals surface area contributed by atoms with Gasteiger partial charge in [0.25, 0.3) is 0 Å². The maximum absolute atomic E-state index is 11.7. The van der Waals surface area contributed by atoms with Crippen molar-refractivity contribution in [1.29, 1.82) is 0 Å². The second kappa shape index (κ2) is 5.18. The average Bonchev–Trinajstić information content (AvgIpc) is 2.62. The van der Waals surface area contributed by atoms with Crippen LogP contribution >= 0.6 is 0 Å². The average molecular weight is 247 g/mol. The number of nitrogens with zero attached hydrogens (tertiary/aromatic N) is 2. The summed E-state index contributed by atoms with van der Waals surface area (Å²) in [7, 11) is 1.60. The second-order valence-electron chi connectivity index (χ2n) is 4.32. The van der Waals surface area contributed by atoms with Crippen molar-refractivity contribution in [2.24, 2.45) is 10.7 Å². The van der Waals surface area contributed by atoms with E-state index in [4.69, 9.17) is 10.5 Å². The van der Waals surface area contributed by atoms with Crippen LogP contribution in [0.1, 0.15) is 17.2 Å². The lowest BCUT2D eigenvalue weighted by atomic mass is 10.0. The largest absolute Gasteiger partial charge is 0.385 e. The summed E-state index contributed by atoms with van der Waals surface area (Å²) in [5.74, 6) is 0.347. The highest BCUT2D eigenvalue weighted by molar-refractivity contribution is 6.03. The minimum atomic E-state index is -0.296. The zero-order valence-corrected chi connectivity index (χ0v) is 10.6. The molecule has 5 nitrogen and oxygen atoms in total. The molecule has 2 N–H and O–H groups in total. The summed E-state index contributed by atoms with van der Waals surface area (Å²) in [5, 5.41) is 0. The molecule has 2 rings (SSSR count). The maximum Gasteiger partial charge on any atom is 0.346 e. The Labute approximate surface area is 106 Å². The molecule has 1 aliphatic heterocycles. The first-order valence-corrected chi connectivity index (χ1v) is 5.83. The number of aryl methyl sites for hydroxylation is 1. The fourth-order valence-corrected chi connectivity index (χ4v) is 2.02. The molecule has 0 saturated heterocycles. The normalized spacial score (nSPS) is 19.2. The molecular formula is C13H17N3O2. The fraction of sp³-hybridized carbons (Fsp3) is 0.385. The number of rotatable bonds is 4. The quantitative estimate of drug-likeness (QED) is 0.876. The van der Waals surface area contributed by atoms with Gasteiger partial charge < -0.3 is 15.4 Å². The number of hydrogen-bond acceptors (Lipinski definition) is 3. The van der Waals surface area contributed by atoms with Crippen LogP contribution in [0.15, 0.2) is 29.3 Å². The van der Waals surface area contributed by atoms with Crippen LogP contribution in [0.4, 0.5) is 4.79 Å². The lowest BCUT2D eigenvalue weighted by molar-refractivity contribution is 0.150. The van der Waals surface area contributed by atoms with Gasteiger partial charge in [0, 0.05) is 13.7 Å². The van der Waals surface area contributed by atoms with Gasteiger partial charge in [0.1, 0.15) is 11.9 Å². The zero-order chi connectivity index (χ0) is 13.1. The summed E-state index contributed by atoms with van der Waals surface area (Å²) < 4.78 is 5.01. The van der Waals surface area contributed by atoms with Crippen LogP contribution in [-0.2, 0) is 4.74 Å². The molecule has 0 saturated carbocycles. The third-order valence-electron chi connectivity index (χ3n) is 2.99. The van der Waals surface area contributed by atoms with Crippen LogP contribution in [0.2, 0.25) is 0 Å². The molecule has 0 fully saturated rings. The number of amidine groups is 1. The number of carbonyl (C=O) groups is 1. The van der Waals surface area contributed by atoms with E-state index in [0.29, 0.717) is 19.0 Å². The number of urea groups is 1. The highest BCUT2D eigenvalue weighted by atomic mass is 16.5. The first-order chi connectivity index (χ1) is 8.63. The number of hydrogen-bond donors (Lipinski definition) is 1. The lowest BCUT2D eigenvalue weighted by Gasteiger charge is -2.24. The van der Waals surface area contributed by atoms with E-state index < -0.39 is 0 Å². The number of nitrogens with two attached hydrogens (primary N) is 1. The predicted molar refractivity (Wildman–Crippen MR) is 69.5 cm³/mol. The Balaban J connectivity index is 2.25. The molecule has 0 spiro atoms. The molecule has 0 radical (unpaired) electrons. The van der Waals surface area contributed by atoms with Crippen LogP contribution in [0.5, 0.6) is 0 Å². The Morgan fingerprint density at radius 2 is 2.06 bits per heavy atom. The van der Waals surface area contributed by atoms with Gasteiger partial charge in [-0.25, -0.2) is 4.79 Å². The topological polar surface area (TPSA) is 67.9 Å². The summed E-state index contributed by atoms with van der Waals surface area (Å²) in [6, 6.07) is 7.38. The molecule has 96 valence electrons. The Morgan fingerprint density at radius 3 is 2.67 bits per heavy atom. The maximum atomic E-state index is 11.7. The minimum Gasteiger partial charge on any atom is -0.385 e. The van der Waals surface area contributed by atoms with E-state index >= 15 is 0 Å². The van der Waals surface area contributed by atoms with Gasteiger partial charge >= 0.3 is 6.03 Å². The van der Waals surface area contributed by atoms with Crippen molar-refractivity contribution in [2.75, 3.05) is 20.3 Å². The summed E-state index contributed by atoms with van der Waals surface area (Å²) in [6.07, 6.45) is 0. The third kappa shape index (κ3) is 2.36. The van der Waals surface area contributed by atoms with Gasteiger partial charge in [0.2, 0.25) is 0 Å². The minimum absolute atomic E-state index is 0.270. The summed E-state index contributed by atoms with van der Waals surface area (Å²) in [4.78, 5) is 17.2. The Bertz CT molecular complexity index is 468. The number of ether oxygens (including phenoxy) is 1.